The fourth-order valence-electron chi connectivity index (χ4n) is 3.23. The van der Waals surface area contributed by atoms with Crippen LogP contribution in [0.5, 0.6) is 5.75 Å². The molecule has 0 saturated carbocycles. The SMILES string of the molecule is COc1ccc(-n2nnc(C(=O)N3CCC(N(C)C)CC3)c2C)cc1. The van der Waals surface area contributed by atoms with Crippen molar-refractivity contribution in [2.75, 3.05) is 34.3 Å². The fourth-order valence-corrected chi connectivity index (χ4v) is 3.23. The number of carbonyl (C=O) groups is 1. The highest BCUT2D eigenvalue weighted by Crippen LogP contribution is 2.20. The van der Waals surface area contributed by atoms with E-state index in [1.54, 1.807) is 11.8 Å². The minimum atomic E-state index is -0.0329. The summed E-state index contributed by atoms with van der Waals surface area (Å²) in [6.07, 6.45) is 1.98. The Morgan fingerprint density at radius 1 is 1.20 bits per heavy atom. The van der Waals surface area contributed by atoms with E-state index >= 15 is 0 Å². The van der Waals surface area contributed by atoms with Crippen LogP contribution in [-0.4, -0.2) is 71.0 Å². The van der Waals surface area contributed by atoms with Gasteiger partial charge in [-0.15, -0.1) is 5.10 Å². The number of rotatable bonds is 4. The largest absolute Gasteiger partial charge is 0.497 e. The van der Waals surface area contributed by atoms with E-state index in [1.165, 1.54) is 0 Å². The normalized spacial score (nSPS) is 15.6. The van der Waals surface area contributed by atoms with Crippen LogP contribution in [0.25, 0.3) is 5.69 Å². The van der Waals surface area contributed by atoms with Gasteiger partial charge in [0.25, 0.3) is 5.91 Å². The van der Waals surface area contributed by atoms with Crippen molar-refractivity contribution in [2.45, 2.75) is 25.8 Å². The lowest BCUT2D eigenvalue weighted by molar-refractivity contribution is 0.0656. The van der Waals surface area contributed by atoms with Gasteiger partial charge in [0.2, 0.25) is 0 Å². The smallest absolute Gasteiger partial charge is 0.276 e. The summed E-state index contributed by atoms with van der Waals surface area (Å²) in [7, 11) is 5.81. The first kappa shape index (κ1) is 17.4. The Balaban J connectivity index is 1.75. The topological polar surface area (TPSA) is 63.5 Å². The molecule has 1 amide bonds. The maximum Gasteiger partial charge on any atom is 0.276 e. The van der Waals surface area contributed by atoms with Gasteiger partial charge in [-0.25, -0.2) is 4.68 Å². The zero-order valence-electron chi connectivity index (χ0n) is 15.3. The number of methoxy groups -OCH3 is 1. The van der Waals surface area contributed by atoms with Crippen LogP contribution in [0.4, 0.5) is 0 Å². The lowest BCUT2D eigenvalue weighted by Gasteiger charge is -2.34. The molecule has 2 aromatic rings. The van der Waals surface area contributed by atoms with E-state index in [9.17, 15) is 4.79 Å². The minimum absolute atomic E-state index is 0.0329. The molecule has 134 valence electrons. The minimum Gasteiger partial charge on any atom is -0.497 e. The van der Waals surface area contributed by atoms with Crippen molar-refractivity contribution in [3.63, 3.8) is 0 Å². The number of likely N-dealkylation sites (tertiary alicyclic amines) is 1. The molecule has 3 rings (SSSR count). The molecule has 1 fully saturated rings. The second kappa shape index (κ2) is 7.23. The number of nitrogens with zero attached hydrogens (tertiary/aromatic N) is 5. The van der Waals surface area contributed by atoms with Gasteiger partial charge in [-0.3, -0.25) is 4.79 Å². The van der Waals surface area contributed by atoms with Crippen molar-refractivity contribution < 1.29 is 9.53 Å². The first-order chi connectivity index (χ1) is 12.0. The molecule has 1 aromatic heterocycles. The average Bonchev–Trinajstić information content (AvgIpc) is 3.02. The maximum absolute atomic E-state index is 12.8. The Morgan fingerprint density at radius 2 is 1.84 bits per heavy atom. The Labute approximate surface area is 148 Å². The number of hydrogen-bond acceptors (Lipinski definition) is 5. The summed E-state index contributed by atoms with van der Waals surface area (Å²) >= 11 is 0. The van der Waals surface area contributed by atoms with E-state index < -0.39 is 0 Å². The predicted molar refractivity (Wildman–Crippen MR) is 95.3 cm³/mol. The number of aromatic nitrogens is 3. The van der Waals surface area contributed by atoms with E-state index in [2.05, 4.69) is 29.3 Å². The molecule has 0 aliphatic carbocycles. The van der Waals surface area contributed by atoms with Crippen LogP contribution in [0.3, 0.4) is 0 Å². The molecule has 7 nitrogen and oxygen atoms in total. The first-order valence-electron chi connectivity index (χ1n) is 8.53. The third-order valence-corrected chi connectivity index (χ3v) is 4.90. The molecule has 0 atom stereocenters. The molecule has 0 bridgehead atoms. The van der Waals surface area contributed by atoms with Crippen LogP contribution in [0.1, 0.15) is 29.0 Å². The third kappa shape index (κ3) is 3.51. The summed E-state index contributed by atoms with van der Waals surface area (Å²) in [6, 6.07) is 8.07. The number of hydrogen-bond donors (Lipinski definition) is 0. The van der Waals surface area contributed by atoms with Gasteiger partial charge >= 0.3 is 0 Å². The highest BCUT2D eigenvalue weighted by atomic mass is 16.5. The molecular weight excluding hydrogens is 318 g/mol. The monoisotopic (exact) mass is 343 g/mol. The number of benzene rings is 1. The Bertz CT molecular complexity index is 730. The lowest BCUT2D eigenvalue weighted by atomic mass is 10.0. The van der Waals surface area contributed by atoms with E-state index in [4.69, 9.17) is 4.74 Å². The summed E-state index contributed by atoms with van der Waals surface area (Å²) in [5.74, 6) is 0.746. The van der Waals surface area contributed by atoms with Gasteiger partial charge in [-0.1, -0.05) is 5.21 Å². The molecule has 1 saturated heterocycles. The summed E-state index contributed by atoms with van der Waals surface area (Å²) < 4.78 is 6.87. The Hall–Kier alpha value is -2.41. The first-order valence-corrected chi connectivity index (χ1v) is 8.53. The van der Waals surface area contributed by atoms with Gasteiger partial charge in [0, 0.05) is 19.1 Å². The standard InChI is InChI=1S/C18H25N5O2/c1-13-17(18(24)22-11-9-14(10-12-22)21(2)3)19-20-23(13)15-5-7-16(25-4)8-6-15/h5-8,14H,9-12H2,1-4H3. The van der Waals surface area contributed by atoms with Crippen molar-refractivity contribution in [2.24, 2.45) is 0 Å². The van der Waals surface area contributed by atoms with Gasteiger partial charge in [0.1, 0.15) is 5.75 Å². The molecule has 0 unspecified atom stereocenters. The van der Waals surface area contributed by atoms with Crippen LogP contribution in [0.15, 0.2) is 24.3 Å². The third-order valence-electron chi connectivity index (χ3n) is 4.90. The molecule has 25 heavy (non-hydrogen) atoms. The molecule has 0 spiro atoms. The number of amides is 1. The van der Waals surface area contributed by atoms with Gasteiger partial charge in [-0.05, 0) is 58.1 Å². The van der Waals surface area contributed by atoms with Crippen molar-refractivity contribution in [3.05, 3.63) is 35.7 Å². The lowest BCUT2D eigenvalue weighted by Crippen LogP contribution is -2.44. The molecule has 0 radical (unpaired) electrons. The number of piperidine rings is 1. The van der Waals surface area contributed by atoms with Crippen molar-refractivity contribution in [1.29, 1.82) is 0 Å². The predicted octanol–water partition coefficient (Wildman–Crippen LogP) is 1.75. The van der Waals surface area contributed by atoms with Gasteiger partial charge in [-0.2, -0.15) is 0 Å². The quantitative estimate of drug-likeness (QED) is 0.846. The van der Waals surface area contributed by atoms with Crippen LogP contribution in [0, 0.1) is 6.92 Å². The van der Waals surface area contributed by atoms with Crippen LogP contribution < -0.4 is 4.74 Å². The van der Waals surface area contributed by atoms with Gasteiger partial charge < -0.3 is 14.5 Å². The van der Waals surface area contributed by atoms with Gasteiger partial charge in [0.15, 0.2) is 5.69 Å². The number of ether oxygens (including phenoxy) is 1. The average molecular weight is 343 g/mol. The van der Waals surface area contributed by atoms with Crippen LogP contribution in [-0.2, 0) is 0 Å². The molecule has 1 aromatic carbocycles. The van der Waals surface area contributed by atoms with E-state index in [0.717, 1.165) is 43.1 Å². The van der Waals surface area contributed by atoms with Crippen molar-refractivity contribution in [3.8, 4) is 11.4 Å². The van der Waals surface area contributed by atoms with Crippen molar-refractivity contribution >= 4 is 5.91 Å². The summed E-state index contributed by atoms with van der Waals surface area (Å²) in [4.78, 5) is 16.9. The second-order valence-electron chi connectivity index (χ2n) is 6.62. The summed E-state index contributed by atoms with van der Waals surface area (Å²) in [6.45, 7) is 3.40. The van der Waals surface area contributed by atoms with Gasteiger partial charge in [0.05, 0.1) is 18.5 Å². The van der Waals surface area contributed by atoms with Crippen LogP contribution in [0.2, 0.25) is 0 Å². The van der Waals surface area contributed by atoms with Crippen molar-refractivity contribution in [1.82, 2.24) is 24.8 Å². The summed E-state index contributed by atoms with van der Waals surface area (Å²) in [5.41, 5.74) is 2.04. The molecule has 2 heterocycles. The fraction of sp³-hybridized carbons (Fsp3) is 0.500. The Kier molecular flexibility index (Phi) is 5.03. The molecular formula is C18H25N5O2. The van der Waals surface area contributed by atoms with Crippen LogP contribution >= 0.6 is 0 Å². The summed E-state index contributed by atoms with van der Waals surface area (Å²) in [5, 5.41) is 8.31. The molecule has 1 aliphatic heterocycles. The zero-order chi connectivity index (χ0) is 18.0. The maximum atomic E-state index is 12.8. The molecule has 7 heteroatoms. The van der Waals surface area contributed by atoms with E-state index in [0.29, 0.717) is 11.7 Å². The number of carbonyl (C=O) groups excluding carboxylic acids is 1. The zero-order valence-corrected chi connectivity index (χ0v) is 15.3. The Morgan fingerprint density at radius 3 is 2.40 bits per heavy atom. The van der Waals surface area contributed by atoms with E-state index in [-0.39, 0.29) is 5.91 Å². The highest BCUT2D eigenvalue weighted by Gasteiger charge is 2.27. The second-order valence-corrected chi connectivity index (χ2v) is 6.62. The molecule has 0 N–H and O–H groups in total. The highest BCUT2D eigenvalue weighted by molar-refractivity contribution is 5.93. The molecule has 1 aliphatic rings. The van der Waals surface area contributed by atoms with E-state index in [1.807, 2.05) is 36.1 Å².